The second kappa shape index (κ2) is 5.11. The Balaban J connectivity index is 4.53. The summed E-state index contributed by atoms with van der Waals surface area (Å²) in [5.74, 6) is -0.831. The van der Waals surface area contributed by atoms with E-state index in [4.69, 9.17) is 51.1 Å². The molecule has 0 N–H and O–H groups in total. The molecule has 0 aromatic heterocycles. The molecular formula is C8H12Cl4O2. The largest absolute Gasteiger partial charge is 0.460 e. The van der Waals surface area contributed by atoms with Gasteiger partial charge >= 0.3 is 5.97 Å². The molecule has 0 aliphatic rings. The van der Waals surface area contributed by atoms with Crippen LogP contribution in [0.4, 0.5) is 0 Å². The summed E-state index contributed by atoms with van der Waals surface area (Å²) >= 11 is 22.7. The fourth-order valence-electron chi connectivity index (χ4n) is 0.519. The number of ether oxygens (including phenoxy) is 1. The van der Waals surface area contributed by atoms with Crippen LogP contribution in [0.25, 0.3) is 0 Å². The van der Waals surface area contributed by atoms with Gasteiger partial charge < -0.3 is 4.74 Å². The SMILES string of the molecule is CCC(C)OC(=O)C(Cl)(Cl)C(C)(Cl)Cl. The molecule has 1 atom stereocenters. The lowest BCUT2D eigenvalue weighted by atomic mass is 10.3. The Hall–Kier alpha value is 0.630. The molecule has 0 bridgehead atoms. The van der Waals surface area contributed by atoms with Gasteiger partial charge in [0.05, 0.1) is 6.10 Å². The van der Waals surface area contributed by atoms with Crippen molar-refractivity contribution < 1.29 is 9.53 Å². The van der Waals surface area contributed by atoms with Crippen molar-refractivity contribution in [3.63, 3.8) is 0 Å². The third-order valence-electron chi connectivity index (χ3n) is 1.69. The molecule has 0 spiro atoms. The van der Waals surface area contributed by atoms with Gasteiger partial charge in [-0.25, -0.2) is 4.79 Å². The standard InChI is InChI=1S/C8H12Cl4O2/c1-4-5(2)14-6(13)8(11,12)7(3,9)10/h5H,4H2,1-3H3. The van der Waals surface area contributed by atoms with E-state index in [1.54, 1.807) is 6.92 Å². The monoisotopic (exact) mass is 280 g/mol. The van der Waals surface area contributed by atoms with Crippen LogP contribution in [0.2, 0.25) is 0 Å². The highest BCUT2D eigenvalue weighted by atomic mass is 35.5. The Kier molecular flexibility index (Phi) is 5.34. The third-order valence-corrected chi connectivity index (χ3v) is 3.71. The van der Waals surface area contributed by atoms with Gasteiger partial charge in [-0.2, -0.15) is 0 Å². The van der Waals surface area contributed by atoms with Crippen LogP contribution in [0, 0.1) is 0 Å². The van der Waals surface area contributed by atoms with Crippen LogP contribution in [-0.2, 0) is 9.53 Å². The van der Waals surface area contributed by atoms with Crippen LogP contribution >= 0.6 is 46.4 Å². The number of halogens is 4. The first-order valence-corrected chi connectivity index (χ1v) is 5.60. The highest BCUT2D eigenvalue weighted by Gasteiger charge is 2.51. The fraction of sp³-hybridized carbons (Fsp3) is 0.875. The summed E-state index contributed by atoms with van der Waals surface area (Å²) in [5, 5.41) is 0. The molecular weight excluding hydrogens is 270 g/mol. The molecule has 14 heavy (non-hydrogen) atoms. The number of carbonyl (C=O) groups excluding carboxylic acids is 1. The van der Waals surface area contributed by atoms with Gasteiger partial charge in [-0.1, -0.05) is 53.3 Å². The minimum absolute atomic E-state index is 0.268. The van der Waals surface area contributed by atoms with Crippen LogP contribution in [0.1, 0.15) is 27.2 Å². The van der Waals surface area contributed by atoms with E-state index in [2.05, 4.69) is 0 Å². The molecule has 0 fully saturated rings. The Morgan fingerprint density at radius 1 is 1.36 bits per heavy atom. The van der Waals surface area contributed by atoms with Crippen LogP contribution in [0.3, 0.4) is 0 Å². The summed E-state index contributed by atoms with van der Waals surface area (Å²) in [6, 6.07) is 0. The number of carbonyl (C=O) groups is 1. The second-order valence-corrected chi connectivity index (χ2v) is 6.12. The summed E-state index contributed by atoms with van der Waals surface area (Å²) in [6.07, 6.45) is 0.395. The lowest BCUT2D eigenvalue weighted by molar-refractivity contribution is -0.149. The van der Waals surface area contributed by atoms with Gasteiger partial charge in [0.1, 0.15) is 0 Å². The summed E-state index contributed by atoms with van der Waals surface area (Å²) in [5.41, 5.74) is 0. The Labute approximate surface area is 104 Å². The van der Waals surface area contributed by atoms with E-state index in [0.29, 0.717) is 6.42 Å². The van der Waals surface area contributed by atoms with Crippen LogP contribution in [0.5, 0.6) is 0 Å². The van der Waals surface area contributed by atoms with Gasteiger partial charge in [0.15, 0.2) is 4.33 Å². The zero-order valence-corrected chi connectivity index (χ0v) is 11.1. The quantitative estimate of drug-likeness (QED) is 0.580. The maximum absolute atomic E-state index is 11.4. The van der Waals surface area contributed by atoms with Crippen LogP contribution < -0.4 is 0 Å². The Morgan fingerprint density at radius 3 is 2.07 bits per heavy atom. The number of hydrogen-bond donors (Lipinski definition) is 0. The molecule has 0 aromatic carbocycles. The van der Waals surface area contributed by atoms with Crippen molar-refractivity contribution in [3.8, 4) is 0 Å². The zero-order chi connectivity index (χ0) is 11.6. The van der Waals surface area contributed by atoms with E-state index >= 15 is 0 Å². The average molecular weight is 282 g/mol. The van der Waals surface area contributed by atoms with E-state index in [-0.39, 0.29) is 6.10 Å². The van der Waals surface area contributed by atoms with Crippen LogP contribution in [-0.4, -0.2) is 20.7 Å². The molecule has 0 saturated heterocycles. The number of hydrogen-bond acceptors (Lipinski definition) is 2. The van der Waals surface area contributed by atoms with Crippen LogP contribution in [0.15, 0.2) is 0 Å². The van der Waals surface area contributed by atoms with E-state index < -0.39 is 14.6 Å². The Morgan fingerprint density at radius 2 is 1.79 bits per heavy atom. The smallest absolute Gasteiger partial charge is 0.346 e. The van der Waals surface area contributed by atoms with Crippen molar-refractivity contribution >= 4 is 52.4 Å². The van der Waals surface area contributed by atoms with E-state index in [1.807, 2.05) is 6.92 Å². The van der Waals surface area contributed by atoms with Gasteiger partial charge in [0.25, 0.3) is 0 Å². The predicted octanol–water partition coefficient (Wildman–Crippen LogP) is 3.70. The third kappa shape index (κ3) is 3.65. The maximum Gasteiger partial charge on any atom is 0.346 e. The molecule has 6 heteroatoms. The van der Waals surface area contributed by atoms with E-state index in [9.17, 15) is 4.79 Å². The minimum Gasteiger partial charge on any atom is -0.460 e. The van der Waals surface area contributed by atoms with Gasteiger partial charge in [0, 0.05) is 0 Å². The molecule has 0 heterocycles. The molecule has 0 aromatic rings. The molecule has 2 nitrogen and oxygen atoms in total. The summed E-state index contributed by atoms with van der Waals surface area (Å²) in [7, 11) is 0. The van der Waals surface area contributed by atoms with Crippen molar-refractivity contribution in [1.82, 2.24) is 0 Å². The number of esters is 1. The molecule has 0 aliphatic carbocycles. The highest BCUT2D eigenvalue weighted by Crippen LogP contribution is 2.43. The summed E-state index contributed by atoms with van der Waals surface area (Å²) < 4.78 is 1.36. The normalized spacial score (nSPS) is 15.1. The van der Waals surface area contributed by atoms with Crippen molar-refractivity contribution in [2.24, 2.45) is 0 Å². The van der Waals surface area contributed by atoms with Crippen molar-refractivity contribution in [2.75, 3.05) is 0 Å². The first-order valence-electron chi connectivity index (χ1n) is 4.09. The van der Waals surface area contributed by atoms with Crippen molar-refractivity contribution in [2.45, 2.75) is 42.0 Å². The Bertz CT molecular complexity index is 210. The minimum atomic E-state index is -1.96. The lowest BCUT2D eigenvalue weighted by Gasteiger charge is -2.28. The van der Waals surface area contributed by atoms with E-state index in [1.165, 1.54) is 6.92 Å². The van der Waals surface area contributed by atoms with Gasteiger partial charge in [0.2, 0.25) is 4.33 Å². The topological polar surface area (TPSA) is 26.3 Å². The van der Waals surface area contributed by atoms with Crippen molar-refractivity contribution in [1.29, 1.82) is 0 Å². The maximum atomic E-state index is 11.4. The fourth-order valence-corrected chi connectivity index (χ4v) is 0.763. The molecule has 1 unspecified atom stereocenters. The van der Waals surface area contributed by atoms with Gasteiger partial charge in [-0.3, -0.25) is 0 Å². The van der Waals surface area contributed by atoms with E-state index in [0.717, 1.165) is 0 Å². The zero-order valence-electron chi connectivity index (χ0n) is 8.11. The average Bonchev–Trinajstić information content (AvgIpc) is 2.01. The molecule has 0 saturated carbocycles. The van der Waals surface area contributed by atoms with Crippen molar-refractivity contribution in [3.05, 3.63) is 0 Å². The lowest BCUT2D eigenvalue weighted by Crippen LogP contribution is -2.43. The first-order chi connectivity index (χ1) is 6.13. The summed E-state index contributed by atoms with van der Waals surface area (Å²) in [6.45, 7) is 4.91. The van der Waals surface area contributed by atoms with Gasteiger partial charge in [-0.15, -0.1) is 0 Å². The molecule has 0 aliphatic heterocycles. The van der Waals surface area contributed by atoms with Gasteiger partial charge in [-0.05, 0) is 20.3 Å². The molecule has 0 rings (SSSR count). The number of alkyl halides is 4. The number of rotatable bonds is 4. The second-order valence-electron chi connectivity index (χ2n) is 3.09. The predicted molar refractivity (Wildman–Crippen MR) is 60.4 cm³/mol. The first kappa shape index (κ1) is 14.6. The molecule has 0 amide bonds. The summed E-state index contributed by atoms with van der Waals surface area (Å²) in [4.78, 5) is 11.4. The molecule has 84 valence electrons. The molecule has 0 radical (unpaired) electrons. The highest BCUT2D eigenvalue weighted by molar-refractivity contribution is 6.68.